The first kappa shape index (κ1) is 24.6. The van der Waals surface area contributed by atoms with E-state index in [4.69, 9.17) is 0 Å². The van der Waals surface area contributed by atoms with Gasteiger partial charge in [0.1, 0.15) is 11.7 Å². The Hall–Kier alpha value is -3.12. The number of carbonyl (C=O) groups excluding carboxylic acids is 2. The van der Waals surface area contributed by atoms with Gasteiger partial charge in [-0.15, -0.1) is 0 Å². The van der Waals surface area contributed by atoms with Crippen molar-refractivity contribution in [1.82, 2.24) is 20.5 Å². The fourth-order valence-electron chi connectivity index (χ4n) is 5.34. The van der Waals surface area contributed by atoms with E-state index < -0.39 is 6.04 Å². The van der Waals surface area contributed by atoms with E-state index in [2.05, 4.69) is 51.7 Å². The molecular weight excluding hydrogens is 448 g/mol. The smallest absolute Gasteiger partial charge is 0.268 e. The van der Waals surface area contributed by atoms with Gasteiger partial charge in [0.05, 0.1) is 0 Å². The van der Waals surface area contributed by atoms with Crippen LogP contribution in [0.5, 0.6) is 0 Å². The van der Waals surface area contributed by atoms with Crippen molar-refractivity contribution in [2.24, 2.45) is 5.92 Å². The summed E-state index contributed by atoms with van der Waals surface area (Å²) in [5, 5.41) is 7.19. The molecule has 2 fully saturated rings. The number of hydrogen-bond donors (Lipinski definition) is 3. The molecule has 3 aromatic rings. The quantitative estimate of drug-likeness (QED) is 0.360. The van der Waals surface area contributed by atoms with Crippen LogP contribution < -0.4 is 10.6 Å². The molecule has 1 aromatic heterocycles. The van der Waals surface area contributed by atoms with Crippen molar-refractivity contribution in [2.45, 2.75) is 71.0 Å². The molecule has 0 bridgehead atoms. The molecule has 5 rings (SSSR count). The Kier molecular flexibility index (Phi) is 7.71. The summed E-state index contributed by atoms with van der Waals surface area (Å²) in [5.74, 6) is 0.379. The first-order valence-corrected chi connectivity index (χ1v) is 13.6. The molecule has 2 heterocycles. The van der Waals surface area contributed by atoms with E-state index in [1.807, 2.05) is 24.3 Å². The van der Waals surface area contributed by atoms with E-state index in [-0.39, 0.29) is 11.8 Å². The molecule has 3 N–H and O–H groups in total. The zero-order valence-corrected chi connectivity index (χ0v) is 21.3. The van der Waals surface area contributed by atoms with Crippen molar-refractivity contribution in [2.75, 3.05) is 13.1 Å². The minimum absolute atomic E-state index is 0.112. The number of nitrogens with one attached hydrogen (secondary N) is 3. The maximum absolute atomic E-state index is 13.3. The second kappa shape index (κ2) is 11.3. The minimum atomic E-state index is -0.538. The SMILES string of the molecule is CCc1c(C(=O)N[C@@H](CCC2CC2)C(=O)NCc2ccc(CN3CCCC3)cc2)[nH]c2ccccc12. The van der Waals surface area contributed by atoms with Crippen molar-refractivity contribution < 1.29 is 9.59 Å². The van der Waals surface area contributed by atoms with Crippen LogP contribution in [0.25, 0.3) is 10.9 Å². The number of likely N-dealkylation sites (tertiary alicyclic amines) is 1. The van der Waals surface area contributed by atoms with Crippen LogP contribution in [0, 0.1) is 5.92 Å². The molecule has 6 nitrogen and oxygen atoms in total. The highest BCUT2D eigenvalue weighted by atomic mass is 16.2. The molecule has 36 heavy (non-hydrogen) atoms. The predicted octanol–water partition coefficient (Wildman–Crippen LogP) is 4.93. The molecular formula is C30H38N4O2. The van der Waals surface area contributed by atoms with E-state index in [1.165, 1.54) is 44.3 Å². The van der Waals surface area contributed by atoms with Crippen molar-refractivity contribution in [3.05, 3.63) is 70.9 Å². The molecule has 1 saturated carbocycles. The molecule has 6 heteroatoms. The summed E-state index contributed by atoms with van der Waals surface area (Å²) >= 11 is 0. The lowest BCUT2D eigenvalue weighted by molar-refractivity contribution is -0.123. The first-order valence-electron chi connectivity index (χ1n) is 13.6. The molecule has 1 saturated heterocycles. The molecule has 1 atom stereocenters. The standard InChI is InChI=1S/C30H38N4O2/c1-2-24-25-7-3-4-8-26(25)32-28(24)30(36)33-27(16-15-21-9-10-21)29(35)31-19-22-11-13-23(14-12-22)20-34-17-5-6-18-34/h3-4,7-8,11-14,21,27,32H,2,5-6,9-10,15-20H2,1H3,(H,31,35)(H,33,36)/t27-/m0/s1. The normalized spacial score (nSPS) is 16.8. The van der Waals surface area contributed by atoms with Crippen LogP contribution in [0.3, 0.4) is 0 Å². The largest absolute Gasteiger partial charge is 0.350 e. The van der Waals surface area contributed by atoms with Gasteiger partial charge in [0.2, 0.25) is 5.91 Å². The van der Waals surface area contributed by atoms with Crippen LogP contribution in [0.2, 0.25) is 0 Å². The first-order chi connectivity index (χ1) is 17.6. The van der Waals surface area contributed by atoms with Gasteiger partial charge in [-0.05, 0) is 73.9 Å². The Morgan fingerprint density at radius 3 is 2.47 bits per heavy atom. The zero-order valence-electron chi connectivity index (χ0n) is 21.3. The van der Waals surface area contributed by atoms with E-state index in [0.29, 0.717) is 24.6 Å². The average molecular weight is 487 g/mol. The van der Waals surface area contributed by atoms with Gasteiger partial charge in [0.25, 0.3) is 5.91 Å². The van der Waals surface area contributed by atoms with Crippen LogP contribution in [0.4, 0.5) is 0 Å². The fourth-order valence-corrected chi connectivity index (χ4v) is 5.34. The van der Waals surface area contributed by atoms with Crippen LogP contribution in [-0.2, 0) is 24.3 Å². The van der Waals surface area contributed by atoms with Gasteiger partial charge >= 0.3 is 0 Å². The highest BCUT2D eigenvalue weighted by molar-refractivity contribution is 6.02. The number of aryl methyl sites for hydroxylation is 1. The van der Waals surface area contributed by atoms with Crippen molar-refractivity contribution in [3.63, 3.8) is 0 Å². The molecule has 2 aromatic carbocycles. The van der Waals surface area contributed by atoms with E-state index >= 15 is 0 Å². The van der Waals surface area contributed by atoms with Crippen molar-refractivity contribution in [1.29, 1.82) is 0 Å². The summed E-state index contributed by atoms with van der Waals surface area (Å²) in [7, 11) is 0. The number of para-hydroxylation sites is 1. The van der Waals surface area contributed by atoms with Gasteiger partial charge in [0, 0.05) is 24.0 Å². The van der Waals surface area contributed by atoms with Gasteiger partial charge in [0.15, 0.2) is 0 Å². The number of hydrogen-bond acceptors (Lipinski definition) is 3. The fraction of sp³-hybridized carbons (Fsp3) is 0.467. The molecule has 190 valence electrons. The maximum Gasteiger partial charge on any atom is 0.268 e. The number of aromatic nitrogens is 1. The number of nitrogens with zero attached hydrogens (tertiary/aromatic N) is 1. The average Bonchev–Trinajstić information content (AvgIpc) is 3.44. The van der Waals surface area contributed by atoms with Gasteiger partial charge in [-0.3, -0.25) is 14.5 Å². The molecule has 0 spiro atoms. The second-order valence-electron chi connectivity index (χ2n) is 10.4. The number of carbonyl (C=O) groups is 2. The Morgan fingerprint density at radius 2 is 1.75 bits per heavy atom. The highest BCUT2D eigenvalue weighted by Gasteiger charge is 2.28. The third-order valence-corrected chi connectivity index (χ3v) is 7.67. The summed E-state index contributed by atoms with van der Waals surface area (Å²) in [5.41, 5.74) is 4.90. The van der Waals surface area contributed by atoms with Gasteiger partial charge in [-0.2, -0.15) is 0 Å². The third-order valence-electron chi connectivity index (χ3n) is 7.67. The third kappa shape index (κ3) is 5.98. The number of amides is 2. The second-order valence-corrected chi connectivity index (χ2v) is 10.4. The zero-order chi connectivity index (χ0) is 24.9. The predicted molar refractivity (Wildman–Crippen MR) is 144 cm³/mol. The van der Waals surface area contributed by atoms with Crippen LogP contribution in [-0.4, -0.2) is 40.8 Å². The molecule has 0 radical (unpaired) electrons. The Balaban J connectivity index is 1.22. The van der Waals surface area contributed by atoms with Crippen LogP contribution in [0.1, 0.15) is 72.6 Å². The Morgan fingerprint density at radius 1 is 1.03 bits per heavy atom. The van der Waals surface area contributed by atoms with Gasteiger partial charge in [-0.1, -0.05) is 62.2 Å². The lowest BCUT2D eigenvalue weighted by atomic mass is 10.1. The van der Waals surface area contributed by atoms with Crippen molar-refractivity contribution in [3.8, 4) is 0 Å². The summed E-state index contributed by atoms with van der Waals surface area (Å²) in [6.07, 6.45) is 7.43. The van der Waals surface area contributed by atoms with Gasteiger partial charge in [-0.25, -0.2) is 0 Å². The highest BCUT2D eigenvalue weighted by Crippen LogP contribution is 2.34. The molecule has 2 amide bonds. The lowest BCUT2D eigenvalue weighted by Gasteiger charge is -2.19. The summed E-state index contributed by atoms with van der Waals surface area (Å²) in [6, 6.07) is 16.0. The van der Waals surface area contributed by atoms with Gasteiger partial charge < -0.3 is 15.6 Å². The molecule has 2 aliphatic rings. The maximum atomic E-state index is 13.3. The van der Waals surface area contributed by atoms with E-state index in [9.17, 15) is 9.59 Å². The monoisotopic (exact) mass is 486 g/mol. The molecule has 0 unspecified atom stereocenters. The number of fused-ring (bicyclic) bond motifs is 1. The Bertz CT molecular complexity index is 1190. The molecule has 1 aliphatic heterocycles. The van der Waals surface area contributed by atoms with Crippen molar-refractivity contribution >= 4 is 22.7 Å². The Labute approximate surface area is 213 Å². The molecule has 1 aliphatic carbocycles. The summed E-state index contributed by atoms with van der Waals surface area (Å²) in [6.45, 7) is 5.88. The minimum Gasteiger partial charge on any atom is -0.350 e. The number of benzene rings is 2. The lowest BCUT2D eigenvalue weighted by Crippen LogP contribution is -2.46. The summed E-state index contributed by atoms with van der Waals surface area (Å²) in [4.78, 5) is 32.3. The number of H-pyrrole nitrogens is 1. The van der Waals surface area contributed by atoms with Crippen LogP contribution in [0.15, 0.2) is 48.5 Å². The number of rotatable bonds is 11. The summed E-state index contributed by atoms with van der Waals surface area (Å²) < 4.78 is 0. The van der Waals surface area contributed by atoms with Crippen LogP contribution >= 0.6 is 0 Å². The topological polar surface area (TPSA) is 77.2 Å². The van der Waals surface area contributed by atoms with E-state index in [0.717, 1.165) is 41.4 Å². The number of aromatic amines is 1. The van der Waals surface area contributed by atoms with E-state index in [1.54, 1.807) is 0 Å².